The van der Waals surface area contributed by atoms with Crippen molar-refractivity contribution in [3.05, 3.63) is 35.4 Å². The molecule has 0 bridgehead atoms. The molecular formula is C10H11NO3. The van der Waals surface area contributed by atoms with Crippen LogP contribution in [0.4, 0.5) is 0 Å². The van der Waals surface area contributed by atoms with Crippen molar-refractivity contribution in [1.82, 2.24) is 0 Å². The van der Waals surface area contributed by atoms with E-state index in [2.05, 4.69) is 0 Å². The molecule has 0 radical (unpaired) electrons. The summed E-state index contributed by atoms with van der Waals surface area (Å²) in [4.78, 5) is 22.0. The van der Waals surface area contributed by atoms with Gasteiger partial charge >= 0.3 is 5.97 Å². The number of primary amides is 1. The zero-order chi connectivity index (χ0) is 10.6. The summed E-state index contributed by atoms with van der Waals surface area (Å²) in [6.45, 7) is 2.02. The van der Waals surface area contributed by atoms with Crippen molar-refractivity contribution in [2.24, 2.45) is 5.73 Å². The van der Waals surface area contributed by atoms with Crippen molar-refractivity contribution in [1.29, 1.82) is 0 Å². The number of ether oxygens (including phenoxy) is 1. The van der Waals surface area contributed by atoms with Gasteiger partial charge in [0.15, 0.2) is 0 Å². The summed E-state index contributed by atoms with van der Waals surface area (Å²) in [7, 11) is 0. The number of esters is 1. The molecule has 1 aromatic carbocycles. The van der Waals surface area contributed by atoms with E-state index in [1.807, 2.05) is 0 Å². The normalized spacial score (nSPS) is 9.50. The average Bonchev–Trinajstić information content (AvgIpc) is 2.18. The highest BCUT2D eigenvalue weighted by Crippen LogP contribution is 2.06. The van der Waals surface area contributed by atoms with Crippen LogP contribution in [0.5, 0.6) is 0 Å². The Kier molecular flexibility index (Phi) is 3.23. The topological polar surface area (TPSA) is 69.4 Å². The lowest BCUT2D eigenvalue weighted by molar-refractivity contribution is 0.0526. The molecule has 4 heteroatoms. The van der Waals surface area contributed by atoms with Gasteiger partial charge in [-0.15, -0.1) is 0 Å². The van der Waals surface area contributed by atoms with Gasteiger partial charge in [0.2, 0.25) is 5.91 Å². The van der Waals surface area contributed by atoms with Crippen molar-refractivity contribution in [2.75, 3.05) is 6.61 Å². The van der Waals surface area contributed by atoms with Gasteiger partial charge in [-0.3, -0.25) is 4.79 Å². The van der Waals surface area contributed by atoms with Gasteiger partial charge in [0.05, 0.1) is 12.2 Å². The van der Waals surface area contributed by atoms with E-state index in [0.717, 1.165) is 0 Å². The number of amides is 1. The molecule has 0 atom stereocenters. The summed E-state index contributed by atoms with van der Waals surface area (Å²) < 4.78 is 4.77. The summed E-state index contributed by atoms with van der Waals surface area (Å²) in [6, 6.07) is 6.13. The first-order valence-corrected chi connectivity index (χ1v) is 4.22. The van der Waals surface area contributed by atoms with Crippen molar-refractivity contribution >= 4 is 11.9 Å². The SMILES string of the molecule is CCOC(=O)c1cccc(C(N)=O)c1. The minimum absolute atomic E-state index is 0.301. The van der Waals surface area contributed by atoms with E-state index in [-0.39, 0.29) is 0 Å². The quantitative estimate of drug-likeness (QED) is 0.727. The van der Waals surface area contributed by atoms with Crippen LogP contribution in [0, 0.1) is 0 Å². The van der Waals surface area contributed by atoms with Crippen molar-refractivity contribution in [3.63, 3.8) is 0 Å². The minimum atomic E-state index is -0.559. The fourth-order valence-corrected chi connectivity index (χ4v) is 1.01. The molecule has 0 saturated heterocycles. The summed E-state index contributed by atoms with van der Waals surface area (Å²) in [5.74, 6) is -1.01. The van der Waals surface area contributed by atoms with Crippen LogP contribution >= 0.6 is 0 Å². The second-order valence-corrected chi connectivity index (χ2v) is 2.67. The van der Waals surface area contributed by atoms with Crippen LogP contribution in [0.2, 0.25) is 0 Å². The van der Waals surface area contributed by atoms with Crippen LogP contribution in [-0.2, 0) is 4.74 Å². The smallest absolute Gasteiger partial charge is 0.338 e. The van der Waals surface area contributed by atoms with Crippen LogP contribution in [0.3, 0.4) is 0 Å². The Morgan fingerprint density at radius 2 is 2.00 bits per heavy atom. The van der Waals surface area contributed by atoms with Crippen molar-refractivity contribution in [2.45, 2.75) is 6.92 Å². The van der Waals surface area contributed by atoms with E-state index < -0.39 is 11.9 Å². The highest BCUT2D eigenvalue weighted by Gasteiger charge is 2.08. The molecule has 0 aliphatic heterocycles. The molecule has 0 spiro atoms. The molecule has 2 N–H and O–H groups in total. The van der Waals surface area contributed by atoms with Gasteiger partial charge in [-0.1, -0.05) is 6.07 Å². The maximum atomic E-state index is 11.2. The van der Waals surface area contributed by atoms with Crippen LogP contribution in [-0.4, -0.2) is 18.5 Å². The number of rotatable bonds is 3. The molecule has 74 valence electrons. The summed E-state index contributed by atoms with van der Waals surface area (Å²) in [5.41, 5.74) is 5.70. The molecule has 4 nitrogen and oxygen atoms in total. The van der Waals surface area contributed by atoms with Gasteiger partial charge in [-0.2, -0.15) is 0 Å². The zero-order valence-corrected chi connectivity index (χ0v) is 7.82. The molecule has 14 heavy (non-hydrogen) atoms. The van der Waals surface area contributed by atoms with Crippen molar-refractivity contribution in [3.8, 4) is 0 Å². The van der Waals surface area contributed by atoms with Crippen LogP contribution < -0.4 is 5.73 Å². The van der Waals surface area contributed by atoms with Crippen LogP contribution in [0.1, 0.15) is 27.6 Å². The van der Waals surface area contributed by atoms with Gasteiger partial charge < -0.3 is 10.5 Å². The number of carbonyl (C=O) groups is 2. The number of benzene rings is 1. The number of hydrogen-bond donors (Lipinski definition) is 1. The lowest BCUT2D eigenvalue weighted by Crippen LogP contribution is -2.12. The first-order chi connectivity index (χ1) is 6.65. The van der Waals surface area contributed by atoms with Gasteiger partial charge in [-0.05, 0) is 25.1 Å². The predicted octanol–water partition coefficient (Wildman–Crippen LogP) is 0.962. The largest absolute Gasteiger partial charge is 0.462 e. The fraction of sp³-hybridized carbons (Fsp3) is 0.200. The van der Waals surface area contributed by atoms with Gasteiger partial charge in [0.25, 0.3) is 0 Å². The molecule has 1 amide bonds. The third kappa shape index (κ3) is 2.32. The average molecular weight is 193 g/mol. The first kappa shape index (κ1) is 10.2. The van der Waals surface area contributed by atoms with E-state index in [0.29, 0.717) is 17.7 Å². The lowest BCUT2D eigenvalue weighted by atomic mass is 10.1. The van der Waals surface area contributed by atoms with Gasteiger partial charge in [-0.25, -0.2) is 4.79 Å². The monoisotopic (exact) mass is 193 g/mol. The summed E-state index contributed by atoms with van der Waals surface area (Å²) in [6.07, 6.45) is 0. The molecular weight excluding hydrogens is 182 g/mol. The second kappa shape index (κ2) is 4.41. The molecule has 0 aliphatic rings. The lowest BCUT2D eigenvalue weighted by Gasteiger charge is -2.02. The predicted molar refractivity (Wildman–Crippen MR) is 50.9 cm³/mol. The van der Waals surface area contributed by atoms with E-state index in [9.17, 15) is 9.59 Å². The first-order valence-electron chi connectivity index (χ1n) is 4.22. The van der Waals surface area contributed by atoms with Crippen LogP contribution in [0.25, 0.3) is 0 Å². The Morgan fingerprint density at radius 1 is 1.36 bits per heavy atom. The standard InChI is InChI=1S/C10H11NO3/c1-2-14-10(13)8-5-3-4-7(6-8)9(11)12/h3-6H,2H2,1H3,(H2,11,12). The molecule has 0 aliphatic carbocycles. The third-order valence-electron chi connectivity index (χ3n) is 1.66. The van der Waals surface area contributed by atoms with Gasteiger partial charge in [0, 0.05) is 5.56 Å². The Morgan fingerprint density at radius 3 is 2.57 bits per heavy atom. The zero-order valence-electron chi connectivity index (χ0n) is 7.82. The molecule has 1 aromatic rings. The highest BCUT2D eigenvalue weighted by molar-refractivity contribution is 5.96. The Balaban J connectivity index is 2.93. The van der Waals surface area contributed by atoms with E-state index >= 15 is 0 Å². The molecule has 1 rings (SSSR count). The molecule has 0 unspecified atom stereocenters. The van der Waals surface area contributed by atoms with Crippen LogP contribution in [0.15, 0.2) is 24.3 Å². The highest BCUT2D eigenvalue weighted by atomic mass is 16.5. The number of nitrogens with two attached hydrogens (primary N) is 1. The summed E-state index contributed by atoms with van der Waals surface area (Å²) in [5, 5.41) is 0. The third-order valence-corrected chi connectivity index (χ3v) is 1.66. The van der Waals surface area contributed by atoms with E-state index in [1.165, 1.54) is 6.07 Å². The summed E-state index contributed by atoms with van der Waals surface area (Å²) >= 11 is 0. The molecule has 0 fully saturated rings. The Hall–Kier alpha value is -1.84. The Bertz CT molecular complexity index is 360. The molecule has 0 heterocycles. The van der Waals surface area contributed by atoms with E-state index in [4.69, 9.17) is 10.5 Å². The van der Waals surface area contributed by atoms with Gasteiger partial charge in [0.1, 0.15) is 0 Å². The second-order valence-electron chi connectivity index (χ2n) is 2.67. The number of hydrogen-bond acceptors (Lipinski definition) is 3. The number of carbonyl (C=O) groups excluding carboxylic acids is 2. The molecule has 0 aromatic heterocycles. The van der Waals surface area contributed by atoms with Crippen molar-refractivity contribution < 1.29 is 14.3 Å². The maximum absolute atomic E-state index is 11.2. The molecule has 0 saturated carbocycles. The fourth-order valence-electron chi connectivity index (χ4n) is 1.01. The maximum Gasteiger partial charge on any atom is 0.338 e. The Labute approximate surface area is 81.7 Å². The minimum Gasteiger partial charge on any atom is -0.462 e. The van der Waals surface area contributed by atoms with E-state index in [1.54, 1.807) is 25.1 Å².